The summed E-state index contributed by atoms with van der Waals surface area (Å²) >= 11 is 0. The van der Waals surface area contributed by atoms with Crippen molar-refractivity contribution in [1.29, 1.82) is 0 Å². The van der Waals surface area contributed by atoms with E-state index in [4.69, 9.17) is 0 Å². The summed E-state index contributed by atoms with van der Waals surface area (Å²) in [6.07, 6.45) is 11.0. The Hall–Kier alpha value is -5.86. The van der Waals surface area contributed by atoms with Crippen molar-refractivity contribution in [3.63, 3.8) is 0 Å². The summed E-state index contributed by atoms with van der Waals surface area (Å²) < 4.78 is 0. The van der Waals surface area contributed by atoms with Crippen LogP contribution in [0.3, 0.4) is 0 Å². The van der Waals surface area contributed by atoms with E-state index in [1.807, 2.05) is 19.9 Å². The summed E-state index contributed by atoms with van der Waals surface area (Å²) in [5.41, 5.74) is 15.0. The fourth-order valence-electron chi connectivity index (χ4n) is 5.96. The summed E-state index contributed by atoms with van der Waals surface area (Å²) in [4.78, 5) is 4.66. The molecule has 0 aromatic heterocycles. The molecule has 0 saturated heterocycles. The minimum atomic E-state index is 0.202. The zero-order chi connectivity index (χ0) is 38.9. The van der Waals surface area contributed by atoms with Gasteiger partial charge < -0.3 is 9.80 Å². The molecule has 0 N–H and O–H groups in total. The number of aryl methyl sites for hydroxylation is 6. The highest BCUT2D eigenvalue weighted by Gasteiger charge is 2.17. The predicted molar refractivity (Wildman–Crippen MR) is 238 cm³/mol. The van der Waals surface area contributed by atoms with Crippen LogP contribution in [0.1, 0.15) is 54.2 Å². The molecular weight excluding hydrogens is 653 g/mol. The Bertz CT molecular complexity index is 2060. The third-order valence-corrected chi connectivity index (χ3v) is 8.90. The van der Waals surface area contributed by atoms with E-state index >= 15 is 0 Å². The molecule has 6 aromatic rings. The van der Waals surface area contributed by atoms with E-state index in [2.05, 4.69) is 234 Å². The first kappa shape index (κ1) is 40.9. The highest BCUT2D eigenvalue weighted by Crippen LogP contribution is 2.35. The van der Waals surface area contributed by atoms with Gasteiger partial charge >= 0.3 is 0 Å². The molecule has 0 fully saturated rings. The predicted octanol–water partition coefficient (Wildman–Crippen LogP) is 15.0. The number of hydrogen-bond acceptors (Lipinski definition) is 2. The van der Waals surface area contributed by atoms with Crippen LogP contribution in [0, 0.1) is 41.5 Å². The number of para-hydroxylation sites is 1. The first-order chi connectivity index (χ1) is 26.2. The van der Waals surface area contributed by atoms with Crippen molar-refractivity contribution in [1.82, 2.24) is 0 Å². The van der Waals surface area contributed by atoms with Crippen molar-refractivity contribution in [2.24, 2.45) is 0 Å². The monoisotopic (exact) mass is 710 g/mol. The van der Waals surface area contributed by atoms with E-state index in [1.165, 1.54) is 67.4 Å². The molecule has 2 nitrogen and oxygen atoms in total. The molecule has 0 amide bonds. The number of rotatable bonds is 6. The highest BCUT2D eigenvalue weighted by molar-refractivity contribution is 5.76. The summed E-state index contributed by atoms with van der Waals surface area (Å²) in [5.74, 6) is 0. The number of nitrogens with zero attached hydrogens (tertiary/aromatic N) is 2. The van der Waals surface area contributed by atoms with Gasteiger partial charge in [-0.1, -0.05) is 163 Å². The van der Waals surface area contributed by atoms with Crippen LogP contribution in [0.4, 0.5) is 28.4 Å². The van der Waals surface area contributed by atoms with Gasteiger partial charge in [0.1, 0.15) is 0 Å². The van der Waals surface area contributed by atoms with Crippen LogP contribution in [-0.2, 0) is 0 Å². The molecule has 0 spiro atoms. The quantitative estimate of drug-likeness (QED) is 0.170. The van der Waals surface area contributed by atoms with Crippen LogP contribution in [0.25, 0.3) is 0 Å². The molecule has 1 aliphatic carbocycles. The number of hydrogen-bond donors (Lipinski definition) is 0. The van der Waals surface area contributed by atoms with E-state index in [-0.39, 0.29) is 6.04 Å². The maximum atomic E-state index is 2.38. The third kappa shape index (κ3) is 12.4. The first-order valence-corrected chi connectivity index (χ1v) is 19.1. The standard InChI is InChI=1S/C22H23N.C20H19N.C8H10.C2H6/c1-17-6-4-8-20(13-10-17)23(21-14-11-18(2)12-15-21)22-9-5-7-19(3)16-22;1-16-11-13-19(14-12-16)21(18-8-4-3-5-9-18)20-10-6-7-17(2)15-20;1-7-3-5-8(2)6-4-7;1-2/h4-16,20H,1-3H3;3-15H,1-2H3;3-6H,1-2H3;1-2H3. The molecule has 0 saturated carbocycles. The van der Waals surface area contributed by atoms with Crippen LogP contribution < -0.4 is 9.80 Å². The minimum Gasteiger partial charge on any atom is -0.331 e. The smallest absolute Gasteiger partial charge is 0.0712 e. The molecule has 276 valence electrons. The van der Waals surface area contributed by atoms with Crippen LogP contribution in [0.15, 0.2) is 188 Å². The molecular formula is C52H58N2. The Kier molecular flexibility index (Phi) is 15.9. The van der Waals surface area contributed by atoms with Crippen molar-refractivity contribution < 1.29 is 0 Å². The van der Waals surface area contributed by atoms with Gasteiger partial charge in [0.15, 0.2) is 0 Å². The minimum absolute atomic E-state index is 0.202. The molecule has 1 unspecified atom stereocenters. The summed E-state index contributed by atoms with van der Waals surface area (Å²) in [6, 6.07) is 53.8. The molecule has 54 heavy (non-hydrogen) atoms. The van der Waals surface area contributed by atoms with Crippen LogP contribution in [0.2, 0.25) is 0 Å². The molecule has 0 aliphatic heterocycles. The zero-order valence-corrected chi connectivity index (χ0v) is 33.8. The average Bonchev–Trinajstić information content (AvgIpc) is 3.40. The summed E-state index contributed by atoms with van der Waals surface area (Å²) in [6.45, 7) is 18.8. The molecule has 6 aromatic carbocycles. The Morgan fingerprint density at radius 3 is 1.31 bits per heavy atom. The molecule has 1 atom stereocenters. The lowest BCUT2D eigenvalue weighted by atomic mass is 10.1. The van der Waals surface area contributed by atoms with Gasteiger partial charge in [-0.3, -0.25) is 0 Å². The van der Waals surface area contributed by atoms with E-state index in [1.54, 1.807) is 0 Å². The summed E-state index contributed by atoms with van der Waals surface area (Å²) in [7, 11) is 0. The number of anilines is 5. The van der Waals surface area contributed by atoms with Crippen molar-refractivity contribution in [3.05, 3.63) is 221 Å². The van der Waals surface area contributed by atoms with E-state index in [0.717, 1.165) is 0 Å². The molecule has 0 bridgehead atoms. The molecule has 1 aliphatic rings. The fourth-order valence-corrected chi connectivity index (χ4v) is 5.96. The maximum Gasteiger partial charge on any atom is 0.0712 e. The van der Waals surface area contributed by atoms with Gasteiger partial charge in [0.25, 0.3) is 0 Å². The lowest BCUT2D eigenvalue weighted by molar-refractivity contribution is 0.942. The number of allylic oxidation sites excluding steroid dienone is 4. The topological polar surface area (TPSA) is 6.48 Å². The van der Waals surface area contributed by atoms with E-state index in [9.17, 15) is 0 Å². The van der Waals surface area contributed by atoms with Crippen LogP contribution >= 0.6 is 0 Å². The van der Waals surface area contributed by atoms with Gasteiger partial charge in [-0.05, 0) is 120 Å². The zero-order valence-electron chi connectivity index (χ0n) is 33.8. The average molecular weight is 711 g/mol. The maximum absolute atomic E-state index is 2.38. The van der Waals surface area contributed by atoms with Crippen molar-refractivity contribution in [3.8, 4) is 0 Å². The molecule has 7 rings (SSSR count). The van der Waals surface area contributed by atoms with Gasteiger partial charge in [-0.15, -0.1) is 0 Å². The Labute approximate surface area is 326 Å². The first-order valence-electron chi connectivity index (χ1n) is 19.1. The van der Waals surface area contributed by atoms with Crippen molar-refractivity contribution in [2.45, 2.75) is 68.4 Å². The number of benzene rings is 6. The van der Waals surface area contributed by atoms with Gasteiger partial charge in [-0.25, -0.2) is 0 Å². The normalized spacial score (nSPS) is 12.7. The van der Waals surface area contributed by atoms with Crippen LogP contribution in [0.5, 0.6) is 0 Å². The summed E-state index contributed by atoms with van der Waals surface area (Å²) in [5, 5.41) is 0. The van der Waals surface area contributed by atoms with Crippen molar-refractivity contribution >= 4 is 28.4 Å². The van der Waals surface area contributed by atoms with Crippen LogP contribution in [-0.4, -0.2) is 6.04 Å². The van der Waals surface area contributed by atoms with E-state index < -0.39 is 0 Å². The van der Waals surface area contributed by atoms with E-state index in [0.29, 0.717) is 0 Å². The SMILES string of the molecule is CC.CC1=CC=CC(N(c2ccc(C)cc2)c2cccc(C)c2)C=C1.Cc1ccc(C)cc1.Cc1ccc(N(c2ccccc2)c2cccc(C)c2)cc1. The highest BCUT2D eigenvalue weighted by atomic mass is 15.2. The molecule has 2 heteroatoms. The van der Waals surface area contributed by atoms with Crippen molar-refractivity contribution in [2.75, 3.05) is 9.80 Å². The Morgan fingerprint density at radius 1 is 0.370 bits per heavy atom. The molecule has 0 heterocycles. The van der Waals surface area contributed by atoms with Gasteiger partial charge in [0, 0.05) is 28.4 Å². The second kappa shape index (κ2) is 21.0. The third-order valence-electron chi connectivity index (χ3n) is 8.90. The fraction of sp³-hybridized carbons (Fsp3) is 0.192. The molecule has 0 radical (unpaired) electrons. The van der Waals surface area contributed by atoms with Gasteiger partial charge in [0.2, 0.25) is 0 Å². The lowest BCUT2D eigenvalue weighted by Gasteiger charge is -2.30. The van der Waals surface area contributed by atoms with Gasteiger partial charge in [0.05, 0.1) is 6.04 Å². The Balaban J connectivity index is 0.000000193. The second-order valence-electron chi connectivity index (χ2n) is 13.7. The Morgan fingerprint density at radius 2 is 0.796 bits per heavy atom. The van der Waals surface area contributed by atoms with Gasteiger partial charge in [-0.2, -0.15) is 0 Å². The lowest BCUT2D eigenvalue weighted by Crippen LogP contribution is -2.27. The second-order valence-corrected chi connectivity index (χ2v) is 13.7. The largest absolute Gasteiger partial charge is 0.331 e.